The van der Waals surface area contributed by atoms with Crippen molar-refractivity contribution in [1.82, 2.24) is 5.32 Å². The number of ether oxygens (including phenoxy) is 6. The molecule has 0 aromatic rings. The highest BCUT2D eigenvalue weighted by Crippen LogP contribution is 2.33. The van der Waals surface area contributed by atoms with E-state index >= 15 is 0 Å². The first-order valence-electron chi connectivity index (χ1n) is 27.8. The van der Waals surface area contributed by atoms with Crippen LogP contribution in [0.15, 0.2) is 85.1 Å². The zero-order chi connectivity index (χ0) is 55.5. The van der Waals surface area contributed by atoms with E-state index in [0.717, 1.165) is 44.9 Å². The van der Waals surface area contributed by atoms with Crippen LogP contribution in [0.3, 0.4) is 0 Å². The Morgan fingerprint density at radius 2 is 0.921 bits per heavy atom. The van der Waals surface area contributed by atoms with Crippen LogP contribution in [-0.2, 0) is 33.2 Å². The SMILES string of the molecule is CC/C=C\C/C=C\C/C=C\C/C=C\C/C=C\CC(=O)NC(COC1OC(CO)C(OC2OC(CO)C(OC3OC(CO)C(O)C(O)C3O)C(O)C2O)C(O)C1O)C(O)/C=C/CC/C=C/CCCCCCCCCCCC. The molecule has 0 radical (unpaired) electrons. The highest BCUT2D eigenvalue weighted by molar-refractivity contribution is 5.77. The third-order valence-electron chi connectivity index (χ3n) is 13.5. The number of unbranched alkanes of at least 4 members (excludes halogenated alkanes) is 11. The number of aliphatic hydroxyl groups excluding tert-OH is 11. The second-order valence-electron chi connectivity index (χ2n) is 19.7. The summed E-state index contributed by atoms with van der Waals surface area (Å²) in [7, 11) is 0. The van der Waals surface area contributed by atoms with E-state index in [1.165, 1.54) is 57.8 Å². The molecule has 3 aliphatic heterocycles. The molecule has 0 bridgehead atoms. The average Bonchev–Trinajstić information content (AvgIpc) is 3.41. The predicted octanol–water partition coefficient (Wildman–Crippen LogP) is 3.64. The van der Waals surface area contributed by atoms with Crippen LogP contribution < -0.4 is 5.32 Å². The molecule has 3 saturated heterocycles. The van der Waals surface area contributed by atoms with E-state index in [0.29, 0.717) is 12.8 Å². The minimum absolute atomic E-state index is 0.00127. The largest absolute Gasteiger partial charge is 0.394 e. The van der Waals surface area contributed by atoms with Crippen LogP contribution in [0.25, 0.3) is 0 Å². The summed E-state index contributed by atoms with van der Waals surface area (Å²) in [5, 5.41) is 120. The second kappa shape index (κ2) is 40.2. The molecule has 3 aliphatic rings. The van der Waals surface area contributed by atoms with Gasteiger partial charge in [-0.2, -0.15) is 0 Å². The van der Waals surface area contributed by atoms with Crippen molar-refractivity contribution in [3.8, 4) is 0 Å². The minimum Gasteiger partial charge on any atom is -0.394 e. The number of carbonyl (C=O) groups is 1. The molecule has 436 valence electrons. The fourth-order valence-corrected chi connectivity index (χ4v) is 8.86. The number of allylic oxidation sites excluding steroid dienone is 12. The van der Waals surface area contributed by atoms with Crippen molar-refractivity contribution < 1.29 is 89.4 Å². The van der Waals surface area contributed by atoms with E-state index in [2.05, 4.69) is 67.8 Å². The van der Waals surface area contributed by atoms with Gasteiger partial charge < -0.3 is 89.9 Å². The number of hydrogen-bond acceptors (Lipinski definition) is 18. The van der Waals surface area contributed by atoms with E-state index in [1.54, 1.807) is 12.2 Å². The van der Waals surface area contributed by atoms with E-state index in [1.807, 2.05) is 24.3 Å². The zero-order valence-electron chi connectivity index (χ0n) is 44.9. The van der Waals surface area contributed by atoms with Crippen LogP contribution in [0.5, 0.6) is 0 Å². The lowest BCUT2D eigenvalue weighted by Gasteiger charge is -2.48. The summed E-state index contributed by atoms with van der Waals surface area (Å²) in [6, 6.07) is -1.05. The Hall–Kier alpha value is -3.03. The summed E-state index contributed by atoms with van der Waals surface area (Å²) in [6.45, 7) is 1.47. The third-order valence-corrected chi connectivity index (χ3v) is 13.5. The summed E-state index contributed by atoms with van der Waals surface area (Å²) in [4.78, 5) is 13.2. The number of rotatable bonds is 38. The highest BCUT2D eigenvalue weighted by Gasteiger charge is 2.53. The van der Waals surface area contributed by atoms with Gasteiger partial charge in [0, 0.05) is 6.42 Å². The molecule has 0 aromatic heterocycles. The maximum absolute atomic E-state index is 13.2. The summed E-state index contributed by atoms with van der Waals surface area (Å²) < 4.78 is 34.1. The van der Waals surface area contributed by atoms with Gasteiger partial charge >= 0.3 is 0 Å². The first kappa shape index (κ1) is 67.2. The Morgan fingerprint density at radius 1 is 0.487 bits per heavy atom. The molecule has 19 nitrogen and oxygen atoms in total. The number of amides is 1. The molecule has 3 rings (SSSR count). The van der Waals surface area contributed by atoms with Gasteiger partial charge in [0.2, 0.25) is 5.91 Å². The molecule has 19 heteroatoms. The predicted molar refractivity (Wildman–Crippen MR) is 286 cm³/mol. The molecular weight excluding hydrogens is 987 g/mol. The monoisotopic (exact) mass is 1080 g/mol. The third kappa shape index (κ3) is 24.5. The van der Waals surface area contributed by atoms with Crippen LogP contribution in [0.1, 0.15) is 136 Å². The Bertz CT molecular complexity index is 1720. The lowest BCUT2D eigenvalue weighted by atomic mass is 9.96. The van der Waals surface area contributed by atoms with Crippen molar-refractivity contribution in [2.45, 2.75) is 240 Å². The van der Waals surface area contributed by atoms with Gasteiger partial charge in [0.05, 0.1) is 38.6 Å². The topological polar surface area (TPSA) is 307 Å². The molecule has 3 heterocycles. The van der Waals surface area contributed by atoms with Gasteiger partial charge in [-0.3, -0.25) is 4.79 Å². The Balaban J connectivity index is 1.58. The van der Waals surface area contributed by atoms with E-state index < -0.39 is 137 Å². The summed E-state index contributed by atoms with van der Waals surface area (Å²) in [6.07, 6.45) is 20.3. The Morgan fingerprint density at radius 3 is 1.45 bits per heavy atom. The number of aliphatic hydroxyl groups is 11. The summed E-state index contributed by atoms with van der Waals surface area (Å²) in [5.41, 5.74) is 0. The first-order chi connectivity index (χ1) is 36.8. The lowest BCUT2D eigenvalue weighted by Crippen LogP contribution is -2.66. The minimum atomic E-state index is -1.99. The Kier molecular flexibility index (Phi) is 35.6. The Labute approximate surface area is 450 Å². The van der Waals surface area contributed by atoms with Gasteiger partial charge in [0.15, 0.2) is 18.9 Å². The number of nitrogens with one attached hydrogen (secondary N) is 1. The van der Waals surface area contributed by atoms with Crippen LogP contribution in [-0.4, -0.2) is 193 Å². The van der Waals surface area contributed by atoms with Gasteiger partial charge in [-0.25, -0.2) is 0 Å². The average molecular weight is 1080 g/mol. The van der Waals surface area contributed by atoms with Gasteiger partial charge in [-0.05, 0) is 57.8 Å². The van der Waals surface area contributed by atoms with E-state index in [9.17, 15) is 61.0 Å². The first-order valence-corrected chi connectivity index (χ1v) is 27.8. The molecule has 0 aliphatic carbocycles. The summed E-state index contributed by atoms with van der Waals surface area (Å²) >= 11 is 0. The molecule has 0 spiro atoms. The smallest absolute Gasteiger partial charge is 0.224 e. The molecular formula is C57H95NO18. The van der Waals surface area contributed by atoms with Crippen molar-refractivity contribution in [2.75, 3.05) is 26.4 Å². The highest BCUT2D eigenvalue weighted by atomic mass is 16.8. The van der Waals surface area contributed by atoms with E-state index in [4.69, 9.17) is 28.4 Å². The molecule has 17 unspecified atom stereocenters. The van der Waals surface area contributed by atoms with Crippen LogP contribution in [0, 0.1) is 0 Å². The maximum atomic E-state index is 13.2. The molecule has 12 N–H and O–H groups in total. The van der Waals surface area contributed by atoms with Gasteiger partial charge in [-0.15, -0.1) is 0 Å². The van der Waals surface area contributed by atoms with Crippen molar-refractivity contribution in [3.05, 3.63) is 85.1 Å². The molecule has 3 fully saturated rings. The summed E-state index contributed by atoms with van der Waals surface area (Å²) in [5.74, 6) is -0.417. The normalized spacial score (nSPS) is 31.6. The van der Waals surface area contributed by atoms with E-state index in [-0.39, 0.29) is 6.42 Å². The van der Waals surface area contributed by atoms with Crippen LogP contribution in [0.4, 0.5) is 0 Å². The fraction of sp³-hybridized carbons (Fsp3) is 0.737. The standard InChI is InChI=1S/C57H95NO18/c1-3-5-7-9-11-13-15-17-19-21-22-24-26-28-30-32-34-41(62)40(58-45(63)35-33-31-29-27-25-23-20-18-16-14-12-10-8-6-4-2)39-71-55-51(69)48(66)53(43(37-60)73-55)76-57-52(70)49(67)54(44(38-61)74-57)75-56-50(68)47(65)46(64)42(36-59)72-56/h6,8,12,14,18,20,24-27,31-34,40-44,46-57,59-62,64-70H,3-5,7,9-11,13,15-17,19,21-23,28-30,35-39H2,1-2H3,(H,58,63)/b8-6-,14-12-,20-18-,26-24+,27-25-,33-31-,34-32+. The molecule has 0 aromatic carbocycles. The second-order valence-corrected chi connectivity index (χ2v) is 19.7. The van der Waals surface area contributed by atoms with Crippen LogP contribution >= 0.6 is 0 Å². The quantitative estimate of drug-likeness (QED) is 0.0310. The number of hydrogen-bond donors (Lipinski definition) is 12. The van der Waals surface area contributed by atoms with Crippen molar-refractivity contribution in [1.29, 1.82) is 0 Å². The molecule has 17 atom stereocenters. The molecule has 1 amide bonds. The zero-order valence-corrected chi connectivity index (χ0v) is 44.9. The fourth-order valence-electron chi connectivity index (χ4n) is 8.86. The number of carbonyl (C=O) groups excluding carboxylic acids is 1. The van der Waals surface area contributed by atoms with Crippen molar-refractivity contribution >= 4 is 5.91 Å². The van der Waals surface area contributed by atoms with Gasteiger partial charge in [0.25, 0.3) is 0 Å². The van der Waals surface area contributed by atoms with Crippen molar-refractivity contribution in [2.24, 2.45) is 0 Å². The van der Waals surface area contributed by atoms with Crippen molar-refractivity contribution in [3.63, 3.8) is 0 Å². The lowest BCUT2D eigenvalue weighted by molar-refractivity contribution is -0.379. The van der Waals surface area contributed by atoms with Gasteiger partial charge in [-0.1, -0.05) is 157 Å². The van der Waals surface area contributed by atoms with Crippen LogP contribution in [0.2, 0.25) is 0 Å². The van der Waals surface area contributed by atoms with Gasteiger partial charge in [0.1, 0.15) is 73.2 Å². The maximum Gasteiger partial charge on any atom is 0.224 e. The molecule has 76 heavy (non-hydrogen) atoms. The molecule has 0 saturated carbocycles.